The number of aliphatic hydroxyl groups is 2. The molecule has 0 aliphatic rings. The van der Waals surface area contributed by atoms with Crippen molar-refractivity contribution in [1.29, 1.82) is 0 Å². The molecule has 0 saturated heterocycles. The Hall–Kier alpha value is -1.83. The molecule has 0 fully saturated rings. The van der Waals surface area contributed by atoms with E-state index in [1.165, 1.54) is 0 Å². The quantitative estimate of drug-likeness (QED) is 0.782. The van der Waals surface area contributed by atoms with Gasteiger partial charge in [-0.2, -0.15) is 0 Å². The standard InChI is InChI=1S/C17H23NO3/c1-3-18(10-6-12-20)17(21)16-9-8-15(14(2)13-16)7-4-5-11-19/h8-9,13,19-20H,3,5-6,10-12H2,1-2H3. The molecule has 0 bridgehead atoms. The maximum atomic E-state index is 12.4. The van der Waals surface area contributed by atoms with Crippen molar-refractivity contribution < 1.29 is 15.0 Å². The number of carbonyl (C=O) groups excluding carboxylic acids is 1. The van der Waals surface area contributed by atoms with Crippen LogP contribution in [0.3, 0.4) is 0 Å². The fraction of sp³-hybridized carbons (Fsp3) is 0.471. The molecule has 0 atom stereocenters. The Balaban J connectivity index is 2.87. The lowest BCUT2D eigenvalue weighted by Crippen LogP contribution is -2.32. The predicted molar refractivity (Wildman–Crippen MR) is 83.0 cm³/mol. The summed E-state index contributed by atoms with van der Waals surface area (Å²) >= 11 is 0. The second kappa shape index (κ2) is 9.17. The third-order valence-corrected chi connectivity index (χ3v) is 3.19. The minimum atomic E-state index is -0.0242. The van der Waals surface area contributed by atoms with E-state index in [0.29, 0.717) is 31.5 Å². The Labute approximate surface area is 126 Å². The molecular weight excluding hydrogens is 266 g/mol. The summed E-state index contributed by atoms with van der Waals surface area (Å²) in [6.07, 6.45) is 1.04. The average Bonchev–Trinajstić information content (AvgIpc) is 2.49. The summed E-state index contributed by atoms with van der Waals surface area (Å²) in [4.78, 5) is 14.1. The van der Waals surface area contributed by atoms with Gasteiger partial charge in [0.1, 0.15) is 0 Å². The summed E-state index contributed by atoms with van der Waals surface area (Å²) in [5, 5.41) is 17.6. The van der Waals surface area contributed by atoms with Crippen molar-refractivity contribution in [2.45, 2.75) is 26.7 Å². The zero-order chi connectivity index (χ0) is 15.7. The lowest BCUT2D eigenvalue weighted by Gasteiger charge is -2.20. The third-order valence-electron chi connectivity index (χ3n) is 3.19. The first-order valence-corrected chi connectivity index (χ1v) is 7.24. The maximum absolute atomic E-state index is 12.4. The van der Waals surface area contributed by atoms with Gasteiger partial charge in [0.15, 0.2) is 0 Å². The van der Waals surface area contributed by atoms with E-state index in [0.717, 1.165) is 11.1 Å². The zero-order valence-corrected chi connectivity index (χ0v) is 12.7. The molecule has 21 heavy (non-hydrogen) atoms. The highest BCUT2D eigenvalue weighted by Crippen LogP contribution is 2.12. The fourth-order valence-corrected chi connectivity index (χ4v) is 2.00. The van der Waals surface area contributed by atoms with Gasteiger partial charge in [-0.25, -0.2) is 0 Å². The Morgan fingerprint density at radius 2 is 2.05 bits per heavy atom. The number of aryl methyl sites for hydroxylation is 1. The van der Waals surface area contributed by atoms with Gasteiger partial charge in [-0.3, -0.25) is 4.79 Å². The molecule has 0 unspecified atom stereocenters. The van der Waals surface area contributed by atoms with Crippen LogP contribution in [0.15, 0.2) is 18.2 Å². The highest BCUT2D eigenvalue weighted by molar-refractivity contribution is 5.94. The van der Waals surface area contributed by atoms with E-state index in [2.05, 4.69) is 11.8 Å². The molecule has 0 radical (unpaired) electrons. The highest BCUT2D eigenvalue weighted by Gasteiger charge is 2.14. The SMILES string of the molecule is CCN(CCCO)C(=O)c1ccc(C#CCCO)c(C)c1. The molecule has 1 rings (SSSR count). The second-order valence-electron chi connectivity index (χ2n) is 4.77. The average molecular weight is 289 g/mol. The molecule has 1 amide bonds. The lowest BCUT2D eigenvalue weighted by atomic mass is 10.0. The van der Waals surface area contributed by atoms with Crippen molar-refractivity contribution in [2.24, 2.45) is 0 Å². The molecule has 114 valence electrons. The molecule has 1 aromatic rings. The molecule has 0 heterocycles. The number of benzene rings is 1. The van der Waals surface area contributed by atoms with Crippen molar-refractivity contribution in [2.75, 3.05) is 26.3 Å². The van der Waals surface area contributed by atoms with Gasteiger partial charge in [-0.1, -0.05) is 11.8 Å². The number of hydrogen-bond acceptors (Lipinski definition) is 3. The molecule has 0 spiro atoms. The molecule has 4 heteroatoms. The number of amides is 1. The monoisotopic (exact) mass is 289 g/mol. The van der Waals surface area contributed by atoms with Crippen molar-refractivity contribution in [3.8, 4) is 11.8 Å². The summed E-state index contributed by atoms with van der Waals surface area (Å²) in [5.41, 5.74) is 2.46. The summed E-state index contributed by atoms with van der Waals surface area (Å²) in [6, 6.07) is 5.46. The van der Waals surface area contributed by atoms with Crippen molar-refractivity contribution in [3.05, 3.63) is 34.9 Å². The minimum absolute atomic E-state index is 0.0242. The van der Waals surface area contributed by atoms with Crippen molar-refractivity contribution >= 4 is 5.91 Å². The van der Waals surface area contributed by atoms with Crippen LogP contribution in [0.4, 0.5) is 0 Å². The topological polar surface area (TPSA) is 60.8 Å². The van der Waals surface area contributed by atoms with Gasteiger partial charge >= 0.3 is 0 Å². The number of aliphatic hydroxyl groups excluding tert-OH is 2. The molecule has 2 N–H and O–H groups in total. The number of hydrogen-bond donors (Lipinski definition) is 2. The van der Waals surface area contributed by atoms with E-state index in [4.69, 9.17) is 10.2 Å². The predicted octanol–water partition coefficient (Wildman–Crippen LogP) is 1.57. The summed E-state index contributed by atoms with van der Waals surface area (Å²) in [5.74, 6) is 5.84. The van der Waals surface area contributed by atoms with E-state index in [9.17, 15) is 4.79 Å². The van der Waals surface area contributed by atoms with Gasteiger partial charge in [-0.15, -0.1) is 0 Å². The van der Waals surface area contributed by atoms with E-state index in [1.54, 1.807) is 11.0 Å². The Morgan fingerprint density at radius 3 is 2.62 bits per heavy atom. The Bertz CT molecular complexity index is 529. The van der Waals surface area contributed by atoms with Crippen LogP contribution in [0.5, 0.6) is 0 Å². The number of rotatable bonds is 6. The first-order valence-electron chi connectivity index (χ1n) is 7.24. The first kappa shape index (κ1) is 17.2. The molecule has 0 aliphatic heterocycles. The van der Waals surface area contributed by atoms with Crippen LogP contribution >= 0.6 is 0 Å². The zero-order valence-electron chi connectivity index (χ0n) is 12.7. The van der Waals surface area contributed by atoms with Gasteiger partial charge in [0.2, 0.25) is 0 Å². The fourth-order valence-electron chi connectivity index (χ4n) is 2.00. The Morgan fingerprint density at radius 1 is 1.29 bits per heavy atom. The minimum Gasteiger partial charge on any atom is -0.396 e. The summed E-state index contributed by atoms with van der Waals surface area (Å²) < 4.78 is 0. The first-order chi connectivity index (χ1) is 10.1. The second-order valence-corrected chi connectivity index (χ2v) is 4.77. The lowest BCUT2D eigenvalue weighted by molar-refractivity contribution is 0.0754. The van der Waals surface area contributed by atoms with Gasteiger partial charge < -0.3 is 15.1 Å². The van der Waals surface area contributed by atoms with Gasteiger partial charge in [0.05, 0.1) is 6.61 Å². The van der Waals surface area contributed by atoms with Crippen LogP contribution < -0.4 is 0 Å². The smallest absolute Gasteiger partial charge is 0.253 e. The molecule has 0 aromatic heterocycles. The van der Waals surface area contributed by atoms with Crippen molar-refractivity contribution in [3.63, 3.8) is 0 Å². The Kier molecular flexibility index (Phi) is 7.52. The van der Waals surface area contributed by atoms with Crippen LogP contribution in [0.2, 0.25) is 0 Å². The summed E-state index contributed by atoms with van der Waals surface area (Å²) in [7, 11) is 0. The third kappa shape index (κ3) is 5.22. The van der Waals surface area contributed by atoms with Crippen LogP contribution in [0.1, 0.15) is 41.3 Å². The normalized spacial score (nSPS) is 9.90. The van der Waals surface area contributed by atoms with E-state index in [-0.39, 0.29) is 19.1 Å². The largest absolute Gasteiger partial charge is 0.396 e. The maximum Gasteiger partial charge on any atom is 0.253 e. The van der Waals surface area contributed by atoms with Crippen LogP contribution in [-0.2, 0) is 0 Å². The highest BCUT2D eigenvalue weighted by atomic mass is 16.3. The molecular formula is C17H23NO3. The van der Waals surface area contributed by atoms with Gasteiger partial charge in [0, 0.05) is 37.2 Å². The van der Waals surface area contributed by atoms with Gasteiger partial charge in [0.25, 0.3) is 5.91 Å². The number of carbonyl (C=O) groups is 1. The van der Waals surface area contributed by atoms with E-state index in [1.807, 2.05) is 26.0 Å². The molecule has 0 saturated carbocycles. The molecule has 0 aliphatic carbocycles. The summed E-state index contributed by atoms with van der Waals surface area (Å²) in [6.45, 7) is 5.17. The molecule has 1 aromatic carbocycles. The van der Waals surface area contributed by atoms with E-state index >= 15 is 0 Å². The number of nitrogens with zero attached hydrogens (tertiary/aromatic N) is 1. The van der Waals surface area contributed by atoms with Crippen LogP contribution in [-0.4, -0.2) is 47.3 Å². The van der Waals surface area contributed by atoms with Gasteiger partial charge in [-0.05, 0) is 44.0 Å². The van der Waals surface area contributed by atoms with Crippen LogP contribution in [0.25, 0.3) is 0 Å². The van der Waals surface area contributed by atoms with Crippen molar-refractivity contribution in [1.82, 2.24) is 4.90 Å². The van der Waals surface area contributed by atoms with Crippen LogP contribution in [0, 0.1) is 18.8 Å². The molecule has 4 nitrogen and oxygen atoms in total. The van der Waals surface area contributed by atoms with E-state index < -0.39 is 0 Å².